The summed E-state index contributed by atoms with van der Waals surface area (Å²) in [6, 6.07) is 0. The first kappa shape index (κ1) is 12.5. The second kappa shape index (κ2) is 6.09. The Morgan fingerprint density at radius 3 is 2.81 bits per heavy atom. The lowest BCUT2D eigenvalue weighted by Gasteiger charge is -2.19. The van der Waals surface area contributed by atoms with Gasteiger partial charge in [0.2, 0.25) is 5.95 Å². The van der Waals surface area contributed by atoms with Crippen molar-refractivity contribution in [2.45, 2.75) is 26.9 Å². The number of aliphatic hydroxyl groups excluding tert-OH is 1. The standard InChI is InChI=1S/C12H17N3O/c1-4-6-15(7-5-2)12-13-8-11(9-16)10(3)14-12/h1,8,16H,5-7,9H2,2-3H3. The molecular formula is C12H17N3O. The summed E-state index contributed by atoms with van der Waals surface area (Å²) in [5.41, 5.74) is 1.55. The van der Waals surface area contributed by atoms with Crippen molar-refractivity contribution in [2.75, 3.05) is 18.0 Å². The van der Waals surface area contributed by atoms with Gasteiger partial charge in [0.05, 0.1) is 13.2 Å². The Morgan fingerprint density at radius 2 is 2.31 bits per heavy atom. The number of nitrogens with zero attached hydrogens (tertiary/aromatic N) is 3. The molecule has 4 heteroatoms. The fourth-order valence-electron chi connectivity index (χ4n) is 1.42. The highest BCUT2D eigenvalue weighted by molar-refractivity contribution is 5.34. The zero-order valence-corrected chi connectivity index (χ0v) is 9.77. The smallest absolute Gasteiger partial charge is 0.226 e. The van der Waals surface area contributed by atoms with E-state index in [0.717, 1.165) is 24.2 Å². The van der Waals surface area contributed by atoms with Crippen molar-refractivity contribution < 1.29 is 5.11 Å². The predicted octanol–water partition coefficient (Wildman–Crippen LogP) is 1.13. The van der Waals surface area contributed by atoms with E-state index in [4.69, 9.17) is 11.5 Å². The van der Waals surface area contributed by atoms with Crippen molar-refractivity contribution in [3.05, 3.63) is 17.5 Å². The van der Waals surface area contributed by atoms with Crippen LogP contribution in [0.5, 0.6) is 0 Å². The minimum atomic E-state index is -0.0327. The summed E-state index contributed by atoms with van der Waals surface area (Å²) in [6.45, 7) is 5.25. The highest BCUT2D eigenvalue weighted by Gasteiger charge is 2.09. The van der Waals surface area contributed by atoms with E-state index in [9.17, 15) is 0 Å². The zero-order chi connectivity index (χ0) is 12.0. The van der Waals surface area contributed by atoms with Crippen molar-refractivity contribution in [1.29, 1.82) is 0 Å². The molecule has 0 radical (unpaired) electrons. The second-order valence-corrected chi connectivity index (χ2v) is 3.56. The predicted molar refractivity (Wildman–Crippen MR) is 64.0 cm³/mol. The number of aliphatic hydroxyl groups is 1. The Morgan fingerprint density at radius 1 is 1.56 bits per heavy atom. The Kier molecular flexibility index (Phi) is 4.74. The molecule has 1 aromatic heterocycles. The van der Waals surface area contributed by atoms with E-state index in [2.05, 4.69) is 22.8 Å². The number of hydrogen-bond acceptors (Lipinski definition) is 4. The lowest BCUT2D eigenvalue weighted by atomic mass is 10.2. The number of terminal acetylenes is 1. The van der Waals surface area contributed by atoms with Gasteiger partial charge in [-0.15, -0.1) is 6.42 Å². The maximum Gasteiger partial charge on any atom is 0.226 e. The third kappa shape index (κ3) is 2.94. The molecule has 0 bridgehead atoms. The Bertz CT molecular complexity index is 384. The van der Waals surface area contributed by atoms with Crippen molar-refractivity contribution in [3.63, 3.8) is 0 Å². The quantitative estimate of drug-likeness (QED) is 0.754. The van der Waals surface area contributed by atoms with Crippen LogP contribution in [0.4, 0.5) is 5.95 Å². The van der Waals surface area contributed by atoms with Gasteiger partial charge in [0.15, 0.2) is 0 Å². The SMILES string of the molecule is C#CCN(CCC)c1ncc(CO)c(C)n1. The van der Waals surface area contributed by atoms with Crippen LogP contribution < -0.4 is 4.90 Å². The largest absolute Gasteiger partial charge is 0.392 e. The van der Waals surface area contributed by atoms with Gasteiger partial charge in [-0.3, -0.25) is 0 Å². The summed E-state index contributed by atoms with van der Waals surface area (Å²) < 4.78 is 0. The maximum absolute atomic E-state index is 9.03. The van der Waals surface area contributed by atoms with Gasteiger partial charge in [-0.05, 0) is 13.3 Å². The van der Waals surface area contributed by atoms with Crippen LogP contribution in [0, 0.1) is 19.3 Å². The van der Waals surface area contributed by atoms with E-state index in [1.165, 1.54) is 0 Å². The van der Waals surface area contributed by atoms with Gasteiger partial charge in [0, 0.05) is 24.0 Å². The van der Waals surface area contributed by atoms with E-state index in [0.29, 0.717) is 12.5 Å². The molecule has 0 amide bonds. The van der Waals surface area contributed by atoms with Crippen molar-refractivity contribution in [2.24, 2.45) is 0 Å². The molecule has 1 aromatic rings. The summed E-state index contributed by atoms with van der Waals surface area (Å²) in [5.74, 6) is 3.23. The number of anilines is 1. The summed E-state index contributed by atoms with van der Waals surface area (Å²) in [7, 11) is 0. The minimum Gasteiger partial charge on any atom is -0.392 e. The van der Waals surface area contributed by atoms with Crippen LogP contribution in [0.15, 0.2) is 6.20 Å². The molecule has 0 spiro atoms. The molecule has 0 aromatic carbocycles. The molecule has 0 aliphatic carbocycles. The minimum absolute atomic E-state index is 0.0327. The second-order valence-electron chi connectivity index (χ2n) is 3.56. The molecule has 1 heterocycles. The average Bonchev–Trinajstić information content (AvgIpc) is 2.28. The highest BCUT2D eigenvalue weighted by atomic mass is 16.3. The topological polar surface area (TPSA) is 49.2 Å². The van der Waals surface area contributed by atoms with Crippen LogP contribution in [0.3, 0.4) is 0 Å². The van der Waals surface area contributed by atoms with Crippen LogP contribution in [0.2, 0.25) is 0 Å². The Hall–Kier alpha value is -1.60. The molecule has 4 nitrogen and oxygen atoms in total. The van der Waals surface area contributed by atoms with Crippen LogP contribution in [0.1, 0.15) is 24.6 Å². The number of hydrogen-bond donors (Lipinski definition) is 1. The molecule has 0 aliphatic heterocycles. The molecule has 16 heavy (non-hydrogen) atoms. The first-order valence-corrected chi connectivity index (χ1v) is 5.34. The Labute approximate surface area is 96.3 Å². The Balaban J connectivity index is 2.93. The lowest BCUT2D eigenvalue weighted by Crippen LogP contribution is -2.26. The average molecular weight is 219 g/mol. The van der Waals surface area contributed by atoms with Crippen molar-refractivity contribution in [1.82, 2.24) is 9.97 Å². The zero-order valence-electron chi connectivity index (χ0n) is 9.77. The molecule has 0 aliphatic rings. The first-order valence-electron chi connectivity index (χ1n) is 5.34. The van der Waals surface area contributed by atoms with Gasteiger partial charge in [-0.2, -0.15) is 0 Å². The number of aryl methyl sites for hydroxylation is 1. The number of aromatic nitrogens is 2. The van der Waals surface area contributed by atoms with Gasteiger partial charge in [0.25, 0.3) is 0 Å². The van der Waals surface area contributed by atoms with Gasteiger partial charge < -0.3 is 10.0 Å². The van der Waals surface area contributed by atoms with Crippen LogP contribution in [-0.4, -0.2) is 28.2 Å². The summed E-state index contributed by atoms with van der Waals surface area (Å²) >= 11 is 0. The molecule has 1 N–H and O–H groups in total. The van der Waals surface area contributed by atoms with Gasteiger partial charge in [0.1, 0.15) is 0 Å². The monoisotopic (exact) mass is 219 g/mol. The molecule has 86 valence electrons. The van der Waals surface area contributed by atoms with E-state index in [1.54, 1.807) is 6.20 Å². The van der Waals surface area contributed by atoms with Gasteiger partial charge in [-0.25, -0.2) is 9.97 Å². The maximum atomic E-state index is 9.03. The number of rotatable bonds is 5. The fourth-order valence-corrected chi connectivity index (χ4v) is 1.42. The fraction of sp³-hybridized carbons (Fsp3) is 0.500. The third-order valence-corrected chi connectivity index (χ3v) is 2.30. The van der Waals surface area contributed by atoms with Crippen LogP contribution >= 0.6 is 0 Å². The lowest BCUT2D eigenvalue weighted by molar-refractivity contribution is 0.280. The van der Waals surface area contributed by atoms with Crippen LogP contribution in [-0.2, 0) is 6.61 Å². The van der Waals surface area contributed by atoms with Crippen molar-refractivity contribution >= 4 is 5.95 Å². The molecular weight excluding hydrogens is 202 g/mol. The molecule has 0 saturated heterocycles. The third-order valence-electron chi connectivity index (χ3n) is 2.30. The summed E-state index contributed by atoms with van der Waals surface area (Å²) in [4.78, 5) is 10.5. The van der Waals surface area contributed by atoms with E-state index < -0.39 is 0 Å². The van der Waals surface area contributed by atoms with Gasteiger partial charge in [-0.1, -0.05) is 12.8 Å². The molecule has 1 rings (SSSR count). The van der Waals surface area contributed by atoms with E-state index in [1.807, 2.05) is 11.8 Å². The molecule has 0 saturated carbocycles. The van der Waals surface area contributed by atoms with E-state index in [-0.39, 0.29) is 6.61 Å². The molecule has 0 fully saturated rings. The van der Waals surface area contributed by atoms with Crippen molar-refractivity contribution in [3.8, 4) is 12.3 Å². The van der Waals surface area contributed by atoms with E-state index >= 15 is 0 Å². The highest BCUT2D eigenvalue weighted by Crippen LogP contribution is 2.11. The summed E-state index contributed by atoms with van der Waals surface area (Å²) in [5, 5.41) is 9.03. The normalized spacial score (nSPS) is 9.88. The molecule has 0 atom stereocenters. The summed E-state index contributed by atoms with van der Waals surface area (Å²) in [6.07, 6.45) is 7.95. The van der Waals surface area contributed by atoms with Crippen LogP contribution in [0.25, 0.3) is 0 Å². The molecule has 0 unspecified atom stereocenters. The first-order chi connectivity index (χ1) is 7.72. The van der Waals surface area contributed by atoms with Gasteiger partial charge >= 0.3 is 0 Å².